The minimum Gasteiger partial charge on any atom is -0.191 e. The molecule has 0 aliphatic heterocycles. The highest BCUT2D eigenvalue weighted by Gasteiger charge is 2.29. The second kappa shape index (κ2) is 3.27. The first kappa shape index (κ1) is 10.0. The van der Waals surface area contributed by atoms with Crippen molar-refractivity contribution in [1.82, 2.24) is 9.78 Å². The molecular weight excluding hydrogens is 322 g/mol. The summed E-state index contributed by atoms with van der Waals surface area (Å²) in [6, 6.07) is 5.10. The molecule has 2 aromatic rings. The monoisotopic (exact) mass is 324 g/mol. The van der Waals surface area contributed by atoms with Crippen LogP contribution in [0.4, 0.5) is 8.78 Å². The SMILES string of the molecule is FC(F)(Br)n1ncc2ccc(Br)cc21. The Balaban J connectivity index is 2.73. The van der Waals surface area contributed by atoms with Crippen LogP contribution in [0, 0.1) is 0 Å². The highest BCUT2D eigenvalue weighted by atomic mass is 79.9. The highest BCUT2D eigenvalue weighted by molar-refractivity contribution is 9.10. The maximum absolute atomic E-state index is 13.0. The molecule has 14 heavy (non-hydrogen) atoms. The van der Waals surface area contributed by atoms with Crippen LogP contribution >= 0.6 is 31.9 Å². The average molecular weight is 326 g/mol. The number of hydrogen-bond donors (Lipinski definition) is 0. The lowest BCUT2D eigenvalue weighted by Crippen LogP contribution is -2.15. The molecular formula is C8H4Br2F2N2. The lowest BCUT2D eigenvalue weighted by molar-refractivity contribution is 0.0247. The van der Waals surface area contributed by atoms with E-state index in [-0.39, 0.29) is 0 Å². The largest absolute Gasteiger partial charge is 0.401 e. The third kappa shape index (κ3) is 1.68. The van der Waals surface area contributed by atoms with Crippen LogP contribution in [0.5, 0.6) is 0 Å². The molecule has 0 unspecified atom stereocenters. The lowest BCUT2D eigenvalue weighted by atomic mass is 10.3. The number of benzene rings is 1. The molecule has 2 nitrogen and oxygen atoms in total. The number of hydrogen-bond acceptors (Lipinski definition) is 1. The topological polar surface area (TPSA) is 17.8 Å². The summed E-state index contributed by atoms with van der Waals surface area (Å²) in [5.41, 5.74) is 0.376. The van der Waals surface area contributed by atoms with Crippen molar-refractivity contribution in [2.45, 2.75) is 4.96 Å². The first-order chi connectivity index (χ1) is 6.48. The van der Waals surface area contributed by atoms with Crippen molar-refractivity contribution in [2.24, 2.45) is 0 Å². The molecule has 0 atom stereocenters. The van der Waals surface area contributed by atoms with E-state index in [9.17, 15) is 8.78 Å². The summed E-state index contributed by atoms with van der Waals surface area (Å²) in [5.74, 6) is 0. The van der Waals surface area contributed by atoms with Crippen LogP contribution in [0.1, 0.15) is 0 Å². The van der Waals surface area contributed by atoms with E-state index in [0.29, 0.717) is 15.6 Å². The lowest BCUT2D eigenvalue weighted by Gasteiger charge is -2.09. The van der Waals surface area contributed by atoms with E-state index in [1.165, 1.54) is 6.20 Å². The number of aromatic nitrogens is 2. The van der Waals surface area contributed by atoms with Crippen LogP contribution in [0.2, 0.25) is 0 Å². The fourth-order valence-electron chi connectivity index (χ4n) is 1.19. The summed E-state index contributed by atoms with van der Waals surface area (Å²) in [5, 5.41) is 4.28. The third-order valence-electron chi connectivity index (χ3n) is 1.77. The van der Waals surface area contributed by atoms with Crippen LogP contribution in [0.3, 0.4) is 0 Å². The van der Waals surface area contributed by atoms with Crippen molar-refractivity contribution >= 4 is 42.8 Å². The van der Waals surface area contributed by atoms with Crippen LogP contribution < -0.4 is 0 Å². The molecule has 0 saturated carbocycles. The van der Waals surface area contributed by atoms with Crippen LogP contribution in [0.15, 0.2) is 28.9 Å². The van der Waals surface area contributed by atoms with Gasteiger partial charge in [0, 0.05) is 25.8 Å². The van der Waals surface area contributed by atoms with Gasteiger partial charge < -0.3 is 0 Å². The van der Waals surface area contributed by atoms with E-state index >= 15 is 0 Å². The Morgan fingerprint density at radius 1 is 1.36 bits per heavy atom. The fourth-order valence-corrected chi connectivity index (χ4v) is 1.83. The molecule has 1 aromatic carbocycles. The van der Waals surface area contributed by atoms with Gasteiger partial charge in [-0.05, 0) is 12.1 Å². The van der Waals surface area contributed by atoms with Crippen molar-refractivity contribution in [3.63, 3.8) is 0 Å². The fraction of sp³-hybridized carbons (Fsp3) is 0.125. The molecule has 74 valence electrons. The minimum atomic E-state index is -3.16. The maximum Gasteiger partial charge on any atom is 0.401 e. The molecule has 0 spiro atoms. The standard InChI is InChI=1S/C8H4Br2F2N2/c9-6-2-1-5-4-13-14(7(5)3-6)8(10,11)12/h1-4H. The molecule has 0 N–H and O–H groups in total. The molecule has 0 saturated heterocycles. The van der Waals surface area contributed by atoms with Crippen LogP contribution in [-0.4, -0.2) is 9.78 Å². The van der Waals surface area contributed by atoms with E-state index in [4.69, 9.17) is 0 Å². The van der Waals surface area contributed by atoms with E-state index in [1.54, 1.807) is 18.2 Å². The number of fused-ring (bicyclic) bond motifs is 1. The Labute approximate surface area is 95.2 Å². The summed E-state index contributed by atoms with van der Waals surface area (Å²) in [7, 11) is 0. The van der Waals surface area contributed by atoms with Gasteiger partial charge in [-0.1, -0.05) is 22.0 Å². The first-order valence-corrected chi connectivity index (χ1v) is 5.27. The normalized spacial score (nSPS) is 12.3. The molecule has 0 aliphatic rings. The molecule has 0 amide bonds. The Bertz CT molecular complexity index is 476. The summed E-state index contributed by atoms with van der Waals surface area (Å²) in [4.78, 5) is -3.16. The minimum absolute atomic E-state index is 0.376. The van der Waals surface area contributed by atoms with Crippen LogP contribution in [-0.2, 0) is 4.96 Å². The molecule has 6 heteroatoms. The number of alkyl halides is 3. The average Bonchev–Trinajstić information content (AvgIpc) is 2.45. The number of halogens is 4. The zero-order valence-electron chi connectivity index (χ0n) is 6.72. The van der Waals surface area contributed by atoms with Gasteiger partial charge in [-0.15, -0.1) is 0 Å². The Hall–Kier alpha value is -0.490. The predicted molar refractivity (Wildman–Crippen MR) is 56.6 cm³/mol. The second-order valence-electron chi connectivity index (χ2n) is 2.73. The van der Waals surface area contributed by atoms with E-state index in [0.717, 1.165) is 4.47 Å². The van der Waals surface area contributed by atoms with E-state index in [1.807, 2.05) is 0 Å². The summed E-state index contributed by atoms with van der Waals surface area (Å²) in [6.45, 7) is 0. The van der Waals surface area contributed by atoms with Crippen molar-refractivity contribution < 1.29 is 8.78 Å². The maximum atomic E-state index is 13.0. The van der Waals surface area contributed by atoms with Gasteiger partial charge >= 0.3 is 4.96 Å². The van der Waals surface area contributed by atoms with Gasteiger partial charge in [0.1, 0.15) is 0 Å². The van der Waals surface area contributed by atoms with Gasteiger partial charge in [0.05, 0.1) is 11.7 Å². The molecule has 0 aliphatic carbocycles. The van der Waals surface area contributed by atoms with Crippen molar-refractivity contribution in [1.29, 1.82) is 0 Å². The Kier molecular flexibility index (Phi) is 2.35. The van der Waals surface area contributed by atoms with Gasteiger partial charge in [0.25, 0.3) is 0 Å². The van der Waals surface area contributed by atoms with Crippen LogP contribution in [0.25, 0.3) is 10.9 Å². The van der Waals surface area contributed by atoms with Crippen molar-refractivity contribution in [3.05, 3.63) is 28.9 Å². The predicted octanol–water partition coefficient (Wildman–Crippen LogP) is 3.70. The zero-order chi connectivity index (χ0) is 10.3. The molecule has 2 rings (SSSR count). The highest BCUT2D eigenvalue weighted by Crippen LogP contribution is 2.32. The molecule has 0 bridgehead atoms. The Morgan fingerprint density at radius 2 is 2.07 bits per heavy atom. The smallest absolute Gasteiger partial charge is 0.191 e. The quantitative estimate of drug-likeness (QED) is 0.731. The van der Waals surface area contributed by atoms with Crippen molar-refractivity contribution in [2.75, 3.05) is 0 Å². The molecule has 0 radical (unpaired) electrons. The summed E-state index contributed by atoms with van der Waals surface area (Å²) in [6.07, 6.45) is 1.40. The number of nitrogens with zero attached hydrogens (tertiary/aromatic N) is 2. The van der Waals surface area contributed by atoms with E-state index < -0.39 is 4.96 Å². The summed E-state index contributed by atoms with van der Waals surface area (Å²) >= 11 is 5.48. The molecule has 0 fully saturated rings. The molecule has 1 aromatic heterocycles. The van der Waals surface area contributed by atoms with Gasteiger partial charge in [-0.2, -0.15) is 18.6 Å². The van der Waals surface area contributed by atoms with Gasteiger partial charge in [-0.3, -0.25) is 0 Å². The summed E-state index contributed by atoms with van der Waals surface area (Å²) < 4.78 is 27.3. The van der Waals surface area contributed by atoms with Gasteiger partial charge in [0.15, 0.2) is 0 Å². The van der Waals surface area contributed by atoms with Gasteiger partial charge in [0.2, 0.25) is 0 Å². The van der Waals surface area contributed by atoms with Crippen molar-refractivity contribution in [3.8, 4) is 0 Å². The number of rotatable bonds is 1. The second-order valence-corrected chi connectivity index (χ2v) is 4.60. The van der Waals surface area contributed by atoms with Gasteiger partial charge in [-0.25, -0.2) is 0 Å². The zero-order valence-corrected chi connectivity index (χ0v) is 9.89. The third-order valence-corrected chi connectivity index (χ3v) is 2.60. The Morgan fingerprint density at radius 3 is 2.71 bits per heavy atom. The molecule has 1 heterocycles. The first-order valence-electron chi connectivity index (χ1n) is 3.69. The van der Waals surface area contributed by atoms with E-state index in [2.05, 4.69) is 37.0 Å².